The number of halogens is 2. The molecular formula is C17H12ClFN2OS. The molecule has 0 radical (unpaired) electrons. The van der Waals surface area contributed by atoms with Crippen LogP contribution in [-0.2, 0) is 6.54 Å². The van der Waals surface area contributed by atoms with Gasteiger partial charge in [0.1, 0.15) is 5.82 Å². The van der Waals surface area contributed by atoms with E-state index in [0.717, 1.165) is 4.70 Å². The van der Waals surface area contributed by atoms with Gasteiger partial charge in [-0.2, -0.15) is 4.99 Å². The number of allylic oxidation sites excluding steroid dienone is 1. The molecule has 0 spiro atoms. The number of fused-ring (bicyclic) bond motifs is 1. The normalized spacial score (nSPS) is 11.8. The van der Waals surface area contributed by atoms with Crippen molar-refractivity contribution in [3.63, 3.8) is 0 Å². The Balaban J connectivity index is 2.21. The average Bonchev–Trinajstić information content (AvgIpc) is 2.87. The van der Waals surface area contributed by atoms with Crippen LogP contribution in [0.1, 0.15) is 10.4 Å². The van der Waals surface area contributed by atoms with Gasteiger partial charge in [0.05, 0.1) is 20.8 Å². The highest BCUT2D eigenvalue weighted by Gasteiger charge is 2.13. The number of aromatic nitrogens is 1. The predicted molar refractivity (Wildman–Crippen MR) is 91.3 cm³/mol. The summed E-state index contributed by atoms with van der Waals surface area (Å²) in [7, 11) is 0. The second-order valence-electron chi connectivity index (χ2n) is 4.77. The molecule has 0 bridgehead atoms. The third-order valence-electron chi connectivity index (χ3n) is 3.26. The van der Waals surface area contributed by atoms with Crippen molar-refractivity contribution in [2.24, 2.45) is 4.99 Å². The SMILES string of the molecule is C=CCn1c(=NC(=O)c2ccccc2Cl)sc2cccc(F)c21. The molecular weight excluding hydrogens is 335 g/mol. The number of carbonyl (C=O) groups is 1. The van der Waals surface area contributed by atoms with Gasteiger partial charge in [-0.05, 0) is 24.3 Å². The molecule has 0 saturated heterocycles. The highest BCUT2D eigenvalue weighted by atomic mass is 35.5. The summed E-state index contributed by atoms with van der Waals surface area (Å²) in [6.07, 6.45) is 1.64. The molecule has 0 fully saturated rings. The Bertz CT molecular complexity index is 974. The van der Waals surface area contributed by atoms with Crippen molar-refractivity contribution in [1.29, 1.82) is 0 Å². The van der Waals surface area contributed by atoms with Crippen LogP contribution >= 0.6 is 22.9 Å². The van der Waals surface area contributed by atoms with Gasteiger partial charge in [-0.3, -0.25) is 4.79 Å². The molecule has 2 aromatic carbocycles. The fourth-order valence-corrected chi connectivity index (χ4v) is 3.52. The third kappa shape index (κ3) is 2.98. The standard InChI is InChI=1S/C17H12ClFN2OS/c1-2-10-21-15-13(19)8-5-9-14(15)23-17(21)20-16(22)11-6-3-4-7-12(11)18/h2-9H,1,10H2. The summed E-state index contributed by atoms with van der Waals surface area (Å²) in [5, 5.41) is 0.337. The number of hydrogen-bond donors (Lipinski definition) is 0. The minimum atomic E-state index is -0.458. The molecule has 0 saturated carbocycles. The van der Waals surface area contributed by atoms with Gasteiger partial charge in [0, 0.05) is 6.54 Å². The van der Waals surface area contributed by atoms with E-state index in [1.54, 1.807) is 47.0 Å². The van der Waals surface area contributed by atoms with Crippen molar-refractivity contribution in [2.75, 3.05) is 0 Å². The van der Waals surface area contributed by atoms with E-state index in [4.69, 9.17) is 11.6 Å². The Morgan fingerprint density at radius 1 is 1.30 bits per heavy atom. The predicted octanol–water partition coefficient (Wildman–Crippen LogP) is 4.42. The van der Waals surface area contributed by atoms with Crippen LogP contribution in [0.25, 0.3) is 10.2 Å². The van der Waals surface area contributed by atoms with E-state index in [1.165, 1.54) is 17.4 Å². The average molecular weight is 347 g/mol. The number of nitrogens with zero attached hydrogens (tertiary/aromatic N) is 2. The van der Waals surface area contributed by atoms with Crippen molar-refractivity contribution in [2.45, 2.75) is 6.54 Å². The van der Waals surface area contributed by atoms with Gasteiger partial charge in [0.15, 0.2) is 4.80 Å². The monoisotopic (exact) mass is 346 g/mol. The van der Waals surface area contributed by atoms with E-state index in [-0.39, 0.29) is 5.82 Å². The lowest BCUT2D eigenvalue weighted by molar-refractivity contribution is 0.0998. The Kier molecular flexibility index (Phi) is 4.41. The molecule has 0 N–H and O–H groups in total. The number of carbonyl (C=O) groups excluding carboxylic acids is 1. The Labute approximate surface area is 141 Å². The number of rotatable bonds is 3. The van der Waals surface area contributed by atoms with Gasteiger partial charge in [0.25, 0.3) is 5.91 Å². The Morgan fingerprint density at radius 3 is 2.83 bits per heavy atom. The summed E-state index contributed by atoms with van der Waals surface area (Å²) in [6.45, 7) is 4.03. The number of thiazole rings is 1. The van der Waals surface area contributed by atoms with Crippen LogP contribution in [-0.4, -0.2) is 10.5 Å². The van der Waals surface area contributed by atoms with Crippen LogP contribution in [0.15, 0.2) is 60.1 Å². The molecule has 23 heavy (non-hydrogen) atoms. The molecule has 6 heteroatoms. The van der Waals surface area contributed by atoms with E-state index in [9.17, 15) is 9.18 Å². The molecule has 3 rings (SSSR count). The summed E-state index contributed by atoms with van der Waals surface area (Å²) in [5.41, 5.74) is 0.736. The molecule has 116 valence electrons. The Hall–Kier alpha value is -2.24. The van der Waals surface area contributed by atoms with Crippen LogP contribution in [0.4, 0.5) is 4.39 Å². The zero-order valence-corrected chi connectivity index (χ0v) is 13.6. The van der Waals surface area contributed by atoms with Crippen molar-refractivity contribution in [3.8, 4) is 0 Å². The highest BCUT2D eigenvalue weighted by Crippen LogP contribution is 2.21. The molecule has 0 atom stereocenters. The molecule has 3 nitrogen and oxygen atoms in total. The van der Waals surface area contributed by atoms with E-state index in [0.29, 0.717) is 27.4 Å². The summed E-state index contributed by atoms with van der Waals surface area (Å²) in [4.78, 5) is 16.9. The summed E-state index contributed by atoms with van der Waals surface area (Å²) >= 11 is 7.28. The molecule has 0 aliphatic heterocycles. The van der Waals surface area contributed by atoms with Crippen molar-refractivity contribution < 1.29 is 9.18 Å². The highest BCUT2D eigenvalue weighted by molar-refractivity contribution is 7.16. The first kappa shape index (κ1) is 15.6. The topological polar surface area (TPSA) is 34.4 Å². The van der Waals surface area contributed by atoms with E-state index >= 15 is 0 Å². The van der Waals surface area contributed by atoms with E-state index in [1.807, 2.05) is 0 Å². The number of para-hydroxylation sites is 1. The van der Waals surface area contributed by atoms with Gasteiger partial charge in [-0.15, -0.1) is 6.58 Å². The van der Waals surface area contributed by atoms with Gasteiger partial charge in [-0.25, -0.2) is 4.39 Å². The van der Waals surface area contributed by atoms with Crippen molar-refractivity contribution >= 4 is 39.1 Å². The van der Waals surface area contributed by atoms with Gasteiger partial charge >= 0.3 is 0 Å². The van der Waals surface area contributed by atoms with Gasteiger partial charge in [0.2, 0.25) is 0 Å². The number of hydrogen-bond acceptors (Lipinski definition) is 2. The first-order chi connectivity index (χ1) is 11.1. The number of amides is 1. The quantitative estimate of drug-likeness (QED) is 0.646. The number of benzene rings is 2. The maximum atomic E-state index is 14.1. The largest absolute Gasteiger partial charge is 0.310 e. The molecule has 3 aromatic rings. The molecule has 1 heterocycles. The van der Waals surface area contributed by atoms with Crippen LogP contribution in [0, 0.1) is 5.82 Å². The second kappa shape index (κ2) is 6.48. The first-order valence-corrected chi connectivity index (χ1v) is 8.03. The minimum absolute atomic E-state index is 0.317. The van der Waals surface area contributed by atoms with Crippen LogP contribution < -0.4 is 4.80 Å². The third-order valence-corrected chi connectivity index (χ3v) is 4.64. The maximum Gasteiger partial charge on any atom is 0.281 e. The van der Waals surface area contributed by atoms with Crippen LogP contribution in [0.3, 0.4) is 0 Å². The summed E-state index contributed by atoms with van der Waals surface area (Å²) in [6, 6.07) is 11.5. The molecule has 0 aliphatic rings. The lowest BCUT2D eigenvalue weighted by atomic mass is 10.2. The molecule has 1 aromatic heterocycles. The van der Waals surface area contributed by atoms with Gasteiger partial charge in [-0.1, -0.05) is 47.2 Å². The summed E-state index contributed by atoms with van der Waals surface area (Å²) < 4.78 is 16.5. The van der Waals surface area contributed by atoms with Crippen LogP contribution in [0.2, 0.25) is 5.02 Å². The molecule has 1 amide bonds. The lowest BCUT2D eigenvalue weighted by Gasteiger charge is -2.02. The minimum Gasteiger partial charge on any atom is -0.310 e. The second-order valence-corrected chi connectivity index (χ2v) is 6.18. The molecule has 0 unspecified atom stereocenters. The lowest BCUT2D eigenvalue weighted by Crippen LogP contribution is -2.16. The summed E-state index contributed by atoms with van der Waals surface area (Å²) in [5.74, 6) is -0.812. The zero-order chi connectivity index (χ0) is 16.4. The maximum absolute atomic E-state index is 14.1. The fraction of sp³-hybridized carbons (Fsp3) is 0.0588. The Morgan fingerprint density at radius 2 is 2.09 bits per heavy atom. The first-order valence-electron chi connectivity index (χ1n) is 6.84. The smallest absolute Gasteiger partial charge is 0.281 e. The van der Waals surface area contributed by atoms with Crippen molar-refractivity contribution in [3.05, 3.63) is 76.3 Å². The molecule has 0 aliphatic carbocycles. The van der Waals surface area contributed by atoms with Crippen molar-refractivity contribution in [1.82, 2.24) is 4.57 Å². The van der Waals surface area contributed by atoms with E-state index < -0.39 is 5.91 Å². The van der Waals surface area contributed by atoms with Crippen LogP contribution in [0.5, 0.6) is 0 Å². The van der Waals surface area contributed by atoms with E-state index in [2.05, 4.69) is 11.6 Å². The zero-order valence-electron chi connectivity index (χ0n) is 12.0. The van der Waals surface area contributed by atoms with Gasteiger partial charge < -0.3 is 4.57 Å². The fourth-order valence-electron chi connectivity index (χ4n) is 2.25.